The zero-order chi connectivity index (χ0) is 13.0. The van der Waals surface area contributed by atoms with E-state index in [1.165, 1.54) is 24.5 Å². The number of hydrogen-bond acceptors (Lipinski definition) is 3. The largest absolute Gasteiger partial charge is 0.478 e. The number of allylic oxidation sites excluding steroid dienone is 1. The first-order chi connectivity index (χ1) is 7.91. The highest BCUT2D eigenvalue weighted by Gasteiger charge is 2.16. The fourth-order valence-electron chi connectivity index (χ4n) is 1.15. The summed E-state index contributed by atoms with van der Waals surface area (Å²) < 4.78 is 5.17. The molecule has 0 spiro atoms. The molecular weight excluding hydrogens is 224 g/mol. The van der Waals surface area contributed by atoms with E-state index >= 15 is 0 Å². The van der Waals surface area contributed by atoms with E-state index in [1.807, 2.05) is 13.8 Å². The minimum Gasteiger partial charge on any atom is -0.478 e. The van der Waals surface area contributed by atoms with Gasteiger partial charge in [0.2, 0.25) is 0 Å². The van der Waals surface area contributed by atoms with Crippen molar-refractivity contribution < 1.29 is 24.5 Å². The Morgan fingerprint density at radius 3 is 2.18 bits per heavy atom. The molecule has 0 amide bonds. The Hall–Kier alpha value is -2.30. The lowest BCUT2D eigenvalue weighted by atomic mass is 10.1. The molecule has 0 fully saturated rings. The highest BCUT2D eigenvalue weighted by atomic mass is 16.5. The predicted molar refractivity (Wildman–Crippen MR) is 60.4 cm³/mol. The van der Waals surface area contributed by atoms with Gasteiger partial charge in [0.15, 0.2) is 0 Å². The summed E-state index contributed by atoms with van der Waals surface area (Å²) in [5.41, 5.74) is 0.350. The maximum Gasteiger partial charge on any atom is 0.336 e. The van der Waals surface area contributed by atoms with Crippen LogP contribution in [0.25, 0.3) is 0 Å². The first-order valence-electron chi connectivity index (χ1n) is 4.82. The molecule has 0 aromatic heterocycles. The van der Waals surface area contributed by atoms with E-state index in [0.29, 0.717) is 0 Å². The van der Waals surface area contributed by atoms with Gasteiger partial charge in [0.1, 0.15) is 5.75 Å². The summed E-state index contributed by atoms with van der Waals surface area (Å²) >= 11 is 0. The Bertz CT molecular complexity index is 484. The van der Waals surface area contributed by atoms with Crippen LogP contribution in [0, 0.1) is 0 Å². The van der Waals surface area contributed by atoms with E-state index in [-0.39, 0.29) is 16.9 Å². The van der Waals surface area contributed by atoms with E-state index in [1.54, 1.807) is 0 Å². The molecule has 0 heterocycles. The third-order valence-corrected chi connectivity index (χ3v) is 1.88. The highest BCUT2D eigenvalue weighted by molar-refractivity contribution is 6.01. The molecule has 0 atom stereocenters. The van der Waals surface area contributed by atoms with Gasteiger partial charge in [-0.1, -0.05) is 0 Å². The van der Waals surface area contributed by atoms with Gasteiger partial charge in [-0.25, -0.2) is 9.59 Å². The van der Waals surface area contributed by atoms with E-state index in [0.717, 1.165) is 5.57 Å². The van der Waals surface area contributed by atoms with E-state index in [2.05, 4.69) is 0 Å². The number of rotatable bonds is 4. The van der Waals surface area contributed by atoms with Crippen molar-refractivity contribution in [1.82, 2.24) is 0 Å². The molecule has 0 unspecified atom stereocenters. The fourth-order valence-corrected chi connectivity index (χ4v) is 1.15. The molecule has 5 nitrogen and oxygen atoms in total. The van der Waals surface area contributed by atoms with Crippen molar-refractivity contribution in [2.75, 3.05) is 0 Å². The standard InChI is InChI=1S/C12H12O5/c1-7(2)6-17-8-3-4-9(11(13)14)10(5-8)12(15)16/h3-6H,1-2H3,(H,13,14)(H,15,16). The number of carboxylic acid groups (broad SMARTS) is 2. The van der Waals surface area contributed by atoms with Crippen LogP contribution in [-0.4, -0.2) is 22.2 Å². The van der Waals surface area contributed by atoms with Gasteiger partial charge in [0.05, 0.1) is 17.4 Å². The molecule has 0 radical (unpaired) electrons. The second kappa shape index (κ2) is 5.16. The predicted octanol–water partition coefficient (Wildman–Crippen LogP) is 2.39. The van der Waals surface area contributed by atoms with Crippen molar-refractivity contribution in [3.05, 3.63) is 41.2 Å². The third kappa shape index (κ3) is 3.34. The number of hydrogen-bond donors (Lipinski definition) is 2. The zero-order valence-corrected chi connectivity index (χ0v) is 9.43. The maximum absolute atomic E-state index is 10.9. The van der Waals surface area contributed by atoms with Crippen LogP contribution in [0.1, 0.15) is 34.6 Å². The van der Waals surface area contributed by atoms with Crippen LogP contribution in [0.15, 0.2) is 30.0 Å². The van der Waals surface area contributed by atoms with E-state index < -0.39 is 11.9 Å². The monoisotopic (exact) mass is 236 g/mol. The number of carbonyl (C=O) groups is 2. The topological polar surface area (TPSA) is 83.8 Å². The van der Waals surface area contributed by atoms with Crippen LogP contribution in [0.3, 0.4) is 0 Å². The highest BCUT2D eigenvalue weighted by Crippen LogP contribution is 2.19. The van der Waals surface area contributed by atoms with Crippen molar-refractivity contribution in [1.29, 1.82) is 0 Å². The van der Waals surface area contributed by atoms with Crippen molar-refractivity contribution in [3.63, 3.8) is 0 Å². The first kappa shape index (κ1) is 12.8. The van der Waals surface area contributed by atoms with Crippen LogP contribution in [-0.2, 0) is 0 Å². The number of carboxylic acids is 2. The Labute approximate surface area is 98.0 Å². The molecule has 1 aromatic rings. The molecule has 1 rings (SSSR count). The van der Waals surface area contributed by atoms with Crippen LogP contribution in [0.2, 0.25) is 0 Å². The summed E-state index contributed by atoms with van der Waals surface area (Å²) in [4.78, 5) is 21.7. The number of benzene rings is 1. The Balaban J connectivity index is 3.14. The summed E-state index contributed by atoms with van der Waals surface area (Å²) in [7, 11) is 0. The second-order valence-electron chi connectivity index (χ2n) is 3.63. The van der Waals surface area contributed by atoms with Gasteiger partial charge in [-0.2, -0.15) is 0 Å². The fraction of sp³-hybridized carbons (Fsp3) is 0.167. The van der Waals surface area contributed by atoms with Crippen LogP contribution in [0.5, 0.6) is 5.75 Å². The lowest BCUT2D eigenvalue weighted by Gasteiger charge is -2.05. The molecule has 0 aliphatic heterocycles. The van der Waals surface area contributed by atoms with Gasteiger partial charge in [-0.3, -0.25) is 0 Å². The summed E-state index contributed by atoms with van der Waals surface area (Å²) in [5.74, 6) is -2.30. The van der Waals surface area contributed by atoms with E-state index in [9.17, 15) is 9.59 Å². The Morgan fingerprint density at radius 2 is 1.71 bits per heavy atom. The zero-order valence-electron chi connectivity index (χ0n) is 9.43. The molecule has 0 bridgehead atoms. The second-order valence-corrected chi connectivity index (χ2v) is 3.63. The Morgan fingerprint density at radius 1 is 1.12 bits per heavy atom. The molecule has 0 saturated heterocycles. The van der Waals surface area contributed by atoms with Crippen LogP contribution >= 0.6 is 0 Å². The average Bonchev–Trinajstić information content (AvgIpc) is 2.25. The lowest BCUT2D eigenvalue weighted by molar-refractivity contribution is 0.0651. The molecule has 1 aromatic carbocycles. The van der Waals surface area contributed by atoms with Crippen molar-refractivity contribution >= 4 is 11.9 Å². The lowest BCUT2D eigenvalue weighted by Crippen LogP contribution is -2.07. The summed E-state index contributed by atoms with van der Waals surface area (Å²) in [6, 6.07) is 3.81. The molecular formula is C12H12O5. The minimum atomic E-state index is -1.30. The molecule has 17 heavy (non-hydrogen) atoms. The molecule has 0 saturated carbocycles. The Kier molecular flexibility index (Phi) is 3.87. The van der Waals surface area contributed by atoms with Gasteiger partial charge >= 0.3 is 11.9 Å². The van der Waals surface area contributed by atoms with Crippen molar-refractivity contribution in [2.24, 2.45) is 0 Å². The average molecular weight is 236 g/mol. The summed E-state index contributed by atoms with van der Waals surface area (Å²) in [6.45, 7) is 3.65. The van der Waals surface area contributed by atoms with Crippen LogP contribution < -0.4 is 4.74 Å². The molecule has 0 aliphatic carbocycles. The van der Waals surface area contributed by atoms with Gasteiger partial charge in [0, 0.05) is 0 Å². The molecule has 90 valence electrons. The molecule has 5 heteroatoms. The normalized spacial score (nSPS) is 9.53. The van der Waals surface area contributed by atoms with Crippen molar-refractivity contribution in [2.45, 2.75) is 13.8 Å². The number of ether oxygens (including phenoxy) is 1. The van der Waals surface area contributed by atoms with Crippen molar-refractivity contribution in [3.8, 4) is 5.75 Å². The SMILES string of the molecule is CC(C)=COc1ccc(C(=O)O)c(C(=O)O)c1. The van der Waals surface area contributed by atoms with Gasteiger partial charge in [-0.05, 0) is 37.6 Å². The minimum absolute atomic E-state index is 0.262. The van der Waals surface area contributed by atoms with Gasteiger partial charge < -0.3 is 14.9 Å². The summed E-state index contributed by atoms with van der Waals surface area (Å²) in [6.07, 6.45) is 1.46. The maximum atomic E-state index is 10.9. The number of aromatic carboxylic acids is 2. The van der Waals surface area contributed by atoms with Gasteiger partial charge in [-0.15, -0.1) is 0 Å². The molecule has 0 aliphatic rings. The summed E-state index contributed by atoms with van der Waals surface area (Å²) in [5, 5.41) is 17.7. The smallest absolute Gasteiger partial charge is 0.336 e. The molecule has 2 N–H and O–H groups in total. The van der Waals surface area contributed by atoms with E-state index in [4.69, 9.17) is 14.9 Å². The first-order valence-corrected chi connectivity index (χ1v) is 4.82. The van der Waals surface area contributed by atoms with Gasteiger partial charge in [0.25, 0.3) is 0 Å². The van der Waals surface area contributed by atoms with Crippen LogP contribution in [0.4, 0.5) is 0 Å². The quantitative estimate of drug-likeness (QED) is 0.784. The third-order valence-electron chi connectivity index (χ3n) is 1.88.